The van der Waals surface area contributed by atoms with Gasteiger partial charge < -0.3 is 15.4 Å². The maximum absolute atomic E-state index is 13.4. The highest BCUT2D eigenvalue weighted by Crippen LogP contribution is 2.35. The van der Waals surface area contributed by atoms with Crippen LogP contribution in [0.2, 0.25) is 0 Å². The van der Waals surface area contributed by atoms with Gasteiger partial charge in [0, 0.05) is 22.4 Å². The molecular formula is C19H20BrF3N4O2. The van der Waals surface area contributed by atoms with Crippen LogP contribution >= 0.6 is 15.9 Å². The fourth-order valence-corrected chi connectivity index (χ4v) is 3.61. The van der Waals surface area contributed by atoms with Gasteiger partial charge in [0.05, 0.1) is 12.7 Å². The van der Waals surface area contributed by atoms with Gasteiger partial charge >= 0.3 is 12.1 Å². The van der Waals surface area contributed by atoms with E-state index in [-0.39, 0.29) is 23.4 Å². The van der Waals surface area contributed by atoms with Crippen LogP contribution in [0.5, 0.6) is 0 Å². The summed E-state index contributed by atoms with van der Waals surface area (Å²) in [5.74, 6) is -0.796. The lowest BCUT2D eigenvalue weighted by Crippen LogP contribution is -2.25. The maximum Gasteiger partial charge on any atom is 0.421 e. The second-order valence-electron chi connectivity index (χ2n) is 6.74. The first-order valence-corrected chi connectivity index (χ1v) is 9.93. The summed E-state index contributed by atoms with van der Waals surface area (Å²) in [5, 5.41) is 5.79. The fourth-order valence-electron chi connectivity index (χ4n) is 3.20. The molecule has 0 saturated heterocycles. The molecule has 0 unspecified atom stereocenters. The van der Waals surface area contributed by atoms with Gasteiger partial charge in [0.1, 0.15) is 11.4 Å². The molecule has 0 radical (unpaired) electrons. The molecule has 6 nitrogen and oxygen atoms in total. The Hall–Kier alpha value is -2.36. The number of nitrogens with one attached hydrogen (secondary N) is 2. The second kappa shape index (κ2) is 8.98. The molecule has 1 heterocycles. The Balaban J connectivity index is 1.88. The van der Waals surface area contributed by atoms with Gasteiger partial charge in [-0.05, 0) is 47.0 Å². The number of carbonyl (C=O) groups excluding carboxylic acids is 1. The molecule has 0 amide bonds. The number of aromatic nitrogens is 2. The Labute approximate surface area is 174 Å². The van der Waals surface area contributed by atoms with Gasteiger partial charge in [-0.3, -0.25) is 0 Å². The van der Waals surface area contributed by atoms with Crippen molar-refractivity contribution in [3.8, 4) is 0 Å². The summed E-state index contributed by atoms with van der Waals surface area (Å²) in [4.78, 5) is 19.7. The molecule has 1 aromatic carbocycles. The lowest BCUT2D eigenvalue weighted by molar-refractivity contribution is -0.137. The quantitative estimate of drug-likeness (QED) is 0.556. The van der Waals surface area contributed by atoms with Crippen LogP contribution in [0.15, 0.2) is 28.9 Å². The number of esters is 1. The van der Waals surface area contributed by atoms with Gasteiger partial charge in [0.2, 0.25) is 5.95 Å². The number of hydrogen-bond donors (Lipinski definition) is 2. The van der Waals surface area contributed by atoms with Crippen molar-refractivity contribution in [2.45, 2.75) is 44.3 Å². The van der Waals surface area contributed by atoms with Gasteiger partial charge in [-0.15, -0.1) is 0 Å². The predicted octanol–water partition coefficient (Wildman–Crippen LogP) is 5.53. The first-order chi connectivity index (χ1) is 13.8. The summed E-state index contributed by atoms with van der Waals surface area (Å²) in [6, 6.07) is 4.72. The average Bonchev–Trinajstić information content (AvgIpc) is 2.69. The number of carbonyl (C=O) groups is 1. The number of alkyl halides is 3. The third kappa shape index (κ3) is 5.37. The molecule has 3 rings (SSSR count). The number of anilines is 3. The number of benzene rings is 1. The van der Waals surface area contributed by atoms with E-state index in [0.717, 1.165) is 38.3 Å². The van der Waals surface area contributed by atoms with E-state index in [1.165, 1.54) is 13.2 Å². The lowest BCUT2D eigenvalue weighted by Gasteiger charge is -2.25. The van der Waals surface area contributed by atoms with E-state index >= 15 is 0 Å². The second-order valence-corrected chi connectivity index (χ2v) is 7.60. The first kappa shape index (κ1) is 21.4. The van der Waals surface area contributed by atoms with Crippen molar-refractivity contribution < 1.29 is 22.7 Å². The monoisotopic (exact) mass is 472 g/mol. The number of rotatable bonds is 5. The van der Waals surface area contributed by atoms with Crippen LogP contribution in [-0.4, -0.2) is 29.1 Å². The molecule has 0 atom stereocenters. The highest BCUT2D eigenvalue weighted by molar-refractivity contribution is 9.10. The minimum absolute atomic E-state index is 0.00514. The van der Waals surface area contributed by atoms with Crippen molar-refractivity contribution in [1.82, 2.24) is 9.97 Å². The van der Waals surface area contributed by atoms with Crippen molar-refractivity contribution >= 4 is 39.4 Å². The fraction of sp³-hybridized carbons (Fsp3) is 0.421. The summed E-state index contributed by atoms with van der Waals surface area (Å²) >= 11 is 3.26. The van der Waals surface area contributed by atoms with Gasteiger partial charge in [0.15, 0.2) is 0 Å². The van der Waals surface area contributed by atoms with E-state index in [1.54, 1.807) is 12.1 Å². The Morgan fingerprint density at radius 1 is 1.24 bits per heavy atom. The molecule has 1 fully saturated rings. The molecule has 1 saturated carbocycles. The van der Waals surface area contributed by atoms with Crippen LogP contribution in [0.25, 0.3) is 0 Å². The van der Waals surface area contributed by atoms with Crippen LogP contribution in [-0.2, 0) is 10.9 Å². The number of hydrogen-bond acceptors (Lipinski definition) is 6. The number of ether oxygens (including phenoxy) is 1. The number of nitrogens with zero attached hydrogens (tertiary/aromatic N) is 2. The van der Waals surface area contributed by atoms with E-state index < -0.39 is 17.7 Å². The maximum atomic E-state index is 13.4. The topological polar surface area (TPSA) is 76.1 Å². The molecule has 1 aliphatic rings. The first-order valence-electron chi connectivity index (χ1n) is 9.13. The van der Waals surface area contributed by atoms with Gasteiger partial charge in [-0.25, -0.2) is 9.78 Å². The van der Waals surface area contributed by atoms with Crippen molar-refractivity contribution in [3.05, 3.63) is 40.0 Å². The van der Waals surface area contributed by atoms with E-state index in [4.69, 9.17) is 4.74 Å². The molecule has 0 bridgehead atoms. The Morgan fingerprint density at radius 2 is 1.97 bits per heavy atom. The highest BCUT2D eigenvalue weighted by atomic mass is 79.9. The molecule has 156 valence electrons. The van der Waals surface area contributed by atoms with Crippen molar-refractivity contribution in [3.63, 3.8) is 0 Å². The van der Waals surface area contributed by atoms with Crippen LogP contribution in [0.3, 0.4) is 0 Å². The normalized spacial score (nSPS) is 15.1. The minimum atomic E-state index is -4.56. The highest BCUT2D eigenvalue weighted by Gasteiger charge is 2.36. The molecule has 2 N–H and O–H groups in total. The van der Waals surface area contributed by atoms with Gasteiger partial charge in [0.25, 0.3) is 0 Å². The van der Waals surface area contributed by atoms with E-state index in [0.29, 0.717) is 10.2 Å². The number of methoxy groups -OCH3 is 1. The molecule has 29 heavy (non-hydrogen) atoms. The Kier molecular flexibility index (Phi) is 6.61. The van der Waals surface area contributed by atoms with Crippen molar-refractivity contribution in [2.24, 2.45) is 0 Å². The molecular weight excluding hydrogens is 453 g/mol. The van der Waals surface area contributed by atoms with Crippen molar-refractivity contribution in [1.29, 1.82) is 0 Å². The molecule has 10 heteroatoms. The zero-order valence-electron chi connectivity index (χ0n) is 15.6. The lowest BCUT2D eigenvalue weighted by atomic mass is 9.95. The van der Waals surface area contributed by atoms with Crippen LogP contribution < -0.4 is 10.6 Å². The zero-order valence-corrected chi connectivity index (χ0v) is 17.2. The summed E-state index contributed by atoms with van der Waals surface area (Å²) in [7, 11) is 1.26. The third-order valence-corrected chi connectivity index (χ3v) is 5.36. The Bertz CT molecular complexity index is 886. The van der Waals surface area contributed by atoms with E-state index in [2.05, 4.69) is 36.5 Å². The smallest absolute Gasteiger partial charge is 0.421 e. The van der Waals surface area contributed by atoms with Crippen molar-refractivity contribution in [2.75, 3.05) is 17.7 Å². The molecule has 0 spiro atoms. The SMILES string of the molecule is COC(=O)c1cc(Nc2ncc(C(F)(F)F)c(NC3CCCCC3)n2)ccc1Br. The van der Waals surface area contributed by atoms with Crippen LogP contribution in [0.1, 0.15) is 48.0 Å². The number of halogens is 4. The zero-order chi connectivity index (χ0) is 21.0. The molecule has 0 aliphatic heterocycles. The summed E-state index contributed by atoms with van der Waals surface area (Å²) < 4.78 is 45.4. The summed E-state index contributed by atoms with van der Waals surface area (Å²) in [6.45, 7) is 0. The minimum Gasteiger partial charge on any atom is -0.465 e. The van der Waals surface area contributed by atoms with Crippen LogP contribution in [0, 0.1) is 0 Å². The van der Waals surface area contributed by atoms with Crippen LogP contribution in [0.4, 0.5) is 30.6 Å². The van der Waals surface area contributed by atoms with Gasteiger partial charge in [-0.1, -0.05) is 19.3 Å². The van der Waals surface area contributed by atoms with E-state index in [1.807, 2.05) is 0 Å². The largest absolute Gasteiger partial charge is 0.465 e. The summed E-state index contributed by atoms with van der Waals surface area (Å²) in [6.07, 6.45) is 0.853. The molecule has 1 aliphatic carbocycles. The summed E-state index contributed by atoms with van der Waals surface area (Å²) in [5.41, 5.74) is -0.193. The van der Waals surface area contributed by atoms with E-state index in [9.17, 15) is 18.0 Å². The standard InChI is InChI=1S/C19H20BrF3N4O2/c1-29-17(28)13-9-12(7-8-15(13)20)26-18-24-10-14(19(21,22)23)16(27-18)25-11-5-3-2-4-6-11/h7-11H,2-6H2,1H3,(H2,24,25,26,27). The average molecular weight is 473 g/mol. The van der Waals surface area contributed by atoms with Gasteiger partial charge in [-0.2, -0.15) is 18.2 Å². The predicted molar refractivity (Wildman–Crippen MR) is 106 cm³/mol. The molecule has 1 aromatic heterocycles. The third-order valence-electron chi connectivity index (χ3n) is 4.67. The Morgan fingerprint density at radius 3 is 2.62 bits per heavy atom. The molecule has 2 aromatic rings.